The van der Waals surface area contributed by atoms with E-state index >= 15 is 0 Å². The van der Waals surface area contributed by atoms with Crippen LogP contribution in [-0.2, 0) is 18.3 Å². The molecule has 0 aliphatic heterocycles. The van der Waals surface area contributed by atoms with Crippen molar-refractivity contribution in [1.82, 2.24) is 0 Å². The quantitative estimate of drug-likeness (QED) is 0.135. The molecule has 0 heteroatoms. The molecule has 1 aliphatic rings. The monoisotopic (exact) mass is 678 g/mol. The average molecular weight is 679 g/mol. The molecule has 0 nitrogen and oxygen atoms in total. The van der Waals surface area contributed by atoms with Crippen molar-refractivity contribution in [1.29, 1.82) is 0 Å². The lowest BCUT2D eigenvalue weighted by molar-refractivity contribution is 0.446. The van der Waals surface area contributed by atoms with E-state index in [2.05, 4.69) is 206 Å². The Bertz CT molecular complexity index is 2260. The number of fused-ring (bicyclic) bond motifs is 3. The first kappa shape index (κ1) is 32.7. The van der Waals surface area contributed by atoms with Crippen molar-refractivity contribution in [3.8, 4) is 55.6 Å². The lowest BCUT2D eigenvalue weighted by atomic mass is 9.69. The second-order valence-corrected chi connectivity index (χ2v) is 14.5. The van der Waals surface area contributed by atoms with Gasteiger partial charge in [-0.1, -0.05) is 194 Å². The summed E-state index contributed by atoms with van der Waals surface area (Å²) in [6, 6.07) is 76.2. The van der Waals surface area contributed by atoms with Crippen molar-refractivity contribution in [2.45, 2.75) is 31.1 Å². The van der Waals surface area contributed by atoms with Crippen LogP contribution in [0.1, 0.15) is 35.1 Å². The Balaban J connectivity index is 1.16. The van der Waals surface area contributed by atoms with Crippen LogP contribution in [0.15, 0.2) is 206 Å². The van der Waals surface area contributed by atoms with E-state index in [9.17, 15) is 0 Å². The van der Waals surface area contributed by atoms with Gasteiger partial charge in [0.15, 0.2) is 0 Å². The van der Waals surface area contributed by atoms with Crippen LogP contribution in [-0.4, -0.2) is 0 Å². The fourth-order valence-electron chi connectivity index (χ4n) is 8.49. The van der Waals surface area contributed by atoms with Gasteiger partial charge in [0.2, 0.25) is 0 Å². The molecule has 1 aliphatic carbocycles. The van der Waals surface area contributed by atoms with Crippen molar-refractivity contribution >= 4 is 0 Å². The normalized spacial score (nSPS) is 12.6. The minimum atomic E-state index is -0.156. The van der Waals surface area contributed by atoms with Crippen LogP contribution in [0.25, 0.3) is 55.6 Å². The van der Waals surface area contributed by atoms with Gasteiger partial charge in [-0.3, -0.25) is 0 Å². The Morgan fingerprint density at radius 3 is 0.906 bits per heavy atom. The summed E-state index contributed by atoms with van der Waals surface area (Å²) in [6.07, 6.45) is 4.11. The lowest BCUT2D eigenvalue weighted by Gasteiger charge is -2.33. The fraction of sp³-hybridized carbons (Fsp3) is 0.0943. The number of hydrogen-bond acceptors (Lipinski definition) is 0. The Morgan fingerprint density at radius 2 is 0.547 bits per heavy atom. The molecular formula is C53H42. The lowest BCUT2D eigenvalue weighted by Crippen LogP contribution is -2.27. The molecule has 0 aromatic heterocycles. The highest BCUT2D eigenvalue weighted by Gasteiger charge is 2.43. The molecule has 0 heterocycles. The fourth-order valence-corrected chi connectivity index (χ4v) is 8.49. The van der Waals surface area contributed by atoms with Crippen molar-refractivity contribution in [2.24, 2.45) is 0 Å². The van der Waals surface area contributed by atoms with E-state index in [1.165, 1.54) is 77.9 Å². The Morgan fingerprint density at radius 1 is 0.264 bits per heavy atom. The number of aryl methyl sites for hydroxylation is 2. The molecule has 254 valence electrons. The van der Waals surface area contributed by atoms with E-state index < -0.39 is 0 Å². The van der Waals surface area contributed by atoms with Crippen LogP contribution in [0.5, 0.6) is 0 Å². The zero-order valence-corrected chi connectivity index (χ0v) is 30.0. The highest BCUT2D eigenvalue weighted by Crippen LogP contribution is 2.55. The van der Waals surface area contributed by atoms with Crippen LogP contribution >= 0.6 is 0 Å². The van der Waals surface area contributed by atoms with Gasteiger partial charge in [-0.25, -0.2) is 0 Å². The number of rotatable bonds is 10. The van der Waals surface area contributed by atoms with Crippen LogP contribution in [0.3, 0.4) is 0 Å². The molecule has 0 saturated heterocycles. The maximum atomic E-state index is 2.52. The molecular weight excluding hydrogens is 637 g/mol. The van der Waals surface area contributed by atoms with Gasteiger partial charge in [0.05, 0.1) is 0 Å². The Hall–Kier alpha value is -6.24. The van der Waals surface area contributed by atoms with E-state index in [1.54, 1.807) is 0 Å². The topological polar surface area (TPSA) is 0 Å². The SMILES string of the molecule is c1ccc(CCC2(CCc3ccccc3)c3cc(-c4ccc(-c5ccccc5)cc4)ccc3-c3ccc(-c4ccc(-c5ccccc5)cc4)cc32)cc1. The zero-order valence-electron chi connectivity index (χ0n) is 30.0. The maximum Gasteiger partial charge on any atom is 0.0222 e. The first-order valence-corrected chi connectivity index (χ1v) is 18.9. The second kappa shape index (κ2) is 14.4. The Labute approximate surface area is 314 Å². The highest BCUT2D eigenvalue weighted by molar-refractivity contribution is 5.86. The summed E-state index contributed by atoms with van der Waals surface area (Å²) in [5.74, 6) is 0. The largest absolute Gasteiger partial charge is 0.0622 e. The highest BCUT2D eigenvalue weighted by atomic mass is 14.5. The van der Waals surface area contributed by atoms with Crippen molar-refractivity contribution in [3.05, 3.63) is 229 Å². The molecule has 0 atom stereocenters. The smallest absolute Gasteiger partial charge is 0.0222 e. The predicted octanol–water partition coefficient (Wildman–Crippen LogP) is 13.9. The molecule has 0 unspecified atom stereocenters. The van der Waals surface area contributed by atoms with E-state index in [0.29, 0.717) is 0 Å². The molecule has 0 radical (unpaired) electrons. The van der Waals surface area contributed by atoms with Crippen LogP contribution in [0.2, 0.25) is 0 Å². The minimum absolute atomic E-state index is 0.156. The summed E-state index contributed by atoms with van der Waals surface area (Å²) in [5.41, 5.74) is 18.3. The molecule has 0 N–H and O–H groups in total. The summed E-state index contributed by atoms with van der Waals surface area (Å²) < 4.78 is 0. The zero-order chi connectivity index (χ0) is 35.5. The van der Waals surface area contributed by atoms with Crippen molar-refractivity contribution in [3.63, 3.8) is 0 Å². The summed E-state index contributed by atoms with van der Waals surface area (Å²) in [6.45, 7) is 0. The van der Waals surface area contributed by atoms with Gasteiger partial charge in [-0.15, -0.1) is 0 Å². The van der Waals surface area contributed by atoms with E-state index in [0.717, 1.165) is 25.7 Å². The van der Waals surface area contributed by atoms with Gasteiger partial charge in [0, 0.05) is 5.41 Å². The Kier molecular flexibility index (Phi) is 8.88. The van der Waals surface area contributed by atoms with Crippen LogP contribution in [0, 0.1) is 0 Å². The summed E-state index contributed by atoms with van der Waals surface area (Å²) in [4.78, 5) is 0. The van der Waals surface area contributed by atoms with Crippen LogP contribution in [0.4, 0.5) is 0 Å². The molecule has 0 amide bonds. The molecule has 0 saturated carbocycles. The van der Waals surface area contributed by atoms with Crippen molar-refractivity contribution < 1.29 is 0 Å². The molecule has 9 rings (SSSR count). The molecule has 0 bridgehead atoms. The van der Waals surface area contributed by atoms with Gasteiger partial charge < -0.3 is 0 Å². The third kappa shape index (κ3) is 6.54. The van der Waals surface area contributed by atoms with Gasteiger partial charge in [-0.05, 0) is 116 Å². The first-order chi connectivity index (χ1) is 26.2. The van der Waals surface area contributed by atoms with E-state index in [1.807, 2.05) is 0 Å². The third-order valence-corrected chi connectivity index (χ3v) is 11.4. The molecule has 0 spiro atoms. The molecule has 0 fully saturated rings. The van der Waals surface area contributed by atoms with Gasteiger partial charge in [-0.2, -0.15) is 0 Å². The summed E-state index contributed by atoms with van der Waals surface area (Å²) >= 11 is 0. The summed E-state index contributed by atoms with van der Waals surface area (Å²) in [7, 11) is 0. The minimum Gasteiger partial charge on any atom is -0.0622 e. The summed E-state index contributed by atoms with van der Waals surface area (Å²) in [5, 5.41) is 0. The van der Waals surface area contributed by atoms with E-state index in [-0.39, 0.29) is 5.41 Å². The van der Waals surface area contributed by atoms with Crippen molar-refractivity contribution in [2.75, 3.05) is 0 Å². The average Bonchev–Trinajstić information content (AvgIpc) is 3.52. The number of benzene rings is 8. The standard InChI is InChI=1S/C53H42/c1-5-13-39(14-6-1)33-35-53(36-34-40-15-7-2-8-16-40)51-37-47(45-25-21-43(22-26-45)41-17-9-3-10-18-41)29-31-49(51)50-32-30-48(38-52(50)53)46-27-23-44(24-28-46)42-19-11-4-12-20-42/h1-32,37-38H,33-36H2. The first-order valence-electron chi connectivity index (χ1n) is 18.9. The van der Waals surface area contributed by atoms with Gasteiger partial charge >= 0.3 is 0 Å². The molecule has 8 aromatic carbocycles. The third-order valence-electron chi connectivity index (χ3n) is 11.4. The number of hydrogen-bond donors (Lipinski definition) is 0. The van der Waals surface area contributed by atoms with Crippen LogP contribution < -0.4 is 0 Å². The molecule has 53 heavy (non-hydrogen) atoms. The molecule has 8 aromatic rings. The van der Waals surface area contributed by atoms with E-state index in [4.69, 9.17) is 0 Å². The van der Waals surface area contributed by atoms with Gasteiger partial charge in [0.25, 0.3) is 0 Å². The van der Waals surface area contributed by atoms with Gasteiger partial charge in [0.1, 0.15) is 0 Å². The maximum absolute atomic E-state index is 2.52. The second-order valence-electron chi connectivity index (χ2n) is 14.5. The predicted molar refractivity (Wildman–Crippen MR) is 224 cm³/mol.